The molecule has 0 aliphatic heterocycles. The molecule has 1 atom stereocenters. The number of nitrogens with one attached hydrogen (secondary N) is 1. The first-order valence-electron chi connectivity index (χ1n) is 6.51. The summed E-state index contributed by atoms with van der Waals surface area (Å²) in [7, 11) is 1.92. The van der Waals surface area contributed by atoms with Crippen molar-refractivity contribution < 1.29 is 4.74 Å². The lowest BCUT2D eigenvalue weighted by Crippen LogP contribution is -2.19. The highest BCUT2D eigenvalue weighted by Gasteiger charge is 2.13. The van der Waals surface area contributed by atoms with Gasteiger partial charge in [-0.05, 0) is 37.2 Å². The average Bonchev–Trinajstić information content (AvgIpc) is 2.47. The third-order valence-corrected chi connectivity index (χ3v) is 2.81. The summed E-state index contributed by atoms with van der Waals surface area (Å²) >= 11 is 0. The fourth-order valence-electron chi connectivity index (χ4n) is 1.92. The lowest BCUT2D eigenvalue weighted by Gasteiger charge is -2.16. The Hall–Kier alpha value is -1.94. The minimum absolute atomic E-state index is 0.0267. The number of rotatable bonds is 6. The van der Waals surface area contributed by atoms with E-state index in [0.717, 1.165) is 23.4 Å². The van der Waals surface area contributed by atoms with E-state index in [2.05, 4.69) is 22.2 Å². The highest BCUT2D eigenvalue weighted by Crippen LogP contribution is 2.22. The van der Waals surface area contributed by atoms with Crippen LogP contribution in [0.15, 0.2) is 42.9 Å². The van der Waals surface area contributed by atoms with Crippen LogP contribution in [0.2, 0.25) is 0 Å². The molecule has 1 unspecified atom stereocenters. The molecule has 4 nitrogen and oxygen atoms in total. The van der Waals surface area contributed by atoms with Gasteiger partial charge in [0.1, 0.15) is 5.75 Å². The van der Waals surface area contributed by atoms with Gasteiger partial charge in [0.05, 0.1) is 24.5 Å². The van der Waals surface area contributed by atoms with Crippen molar-refractivity contribution in [3.05, 3.63) is 54.1 Å². The zero-order valence-electron chi connectivity index (χ0n) is 11.3. The number of nitrogens with zero attached hydrogens (tertiary/aromatic N) is 2. The van der Waals surface area contributed by atoms with Crippen molar-refractivity contribution in [1.82, 2.24) is 15.3 Å². The molecule has 1 N–H and O–H groups in total. The van der Waals surface area contributed by atoms with Gasteiger partial charge in [0.2, 0.25) is 0 Å². The molecular formula is C15H19N3O. The first-order valence-corrected chi connectivity index (χ1v) is 6.51. The van der Waals surface area contributed by atoms with Crippen LogP contribution in [0.1, 0.15) is 30.6 Å². The second-order valence-corrected chi connectivity index (χ2v) is 4.28. The monoisotopic (exact) mass is 257 g/mol. The van der Waals surface area contributed by atoms with Crippen LogP contribution in [0.3, 0.4) is 0 Å². The number of aromatic nitrogens is 2. The molecule has 0 aromatic carbocycles. The van der Waals surface area contributed by atoms with Crippen molar-refractivity contribution >= 4 is 0 Å². The molecular weight excluding hydrogens is 238 g/mol. The van der Waals surface area contributed by atoms with Gasteiger partial charge < -0.3 is 10.1 Å². The SMILES string of the molecule is CCCOc1cncc(C(NC)c2ccccn2)c1. The summed E-state index contributed by atoms with van der Waals surface area (Å²) in [6.07, 6.45) is 6.36. The third kappa shape index (κ3) is 3.51. The van der Waals surface area contributed by atoms with Crippen molar-refractivity contribution in [2.24, 2.45) is 0 Å². The highest BCUT2D eigenvalue weighted by molar-refractivity contribution is 5.31. The molecule has 19 heavy (non-hydrogen) atoms. The minimum atomic E-state index is 0.0267. The van der Waals surface area contributed by atoms with Gasteiger partial charge in [0.15, 0.2) is 0 Å². The van der Waals surface area contributed by atoms with E-state index in [1.165, 1.54) is 0 Å². The van der Waals surface area contributed by atoms with Gasteiger partial charge in [-0.15, -0.1) is 0 Å². The fraction of sp³-hybridized carbons (Fsp3) is 0.333. The number of pyridine rings is 2. The van der Waals surface area contributed by atoms with E-state index in [1.54, 1.807) is 12.4 Å². The van der Waals surface area contributed by atoms with E-state index in [0.29, 0.717) is 6.61 Å². The van der Waals surface area contributed by atoms with Crippen molar-refractivity contribution in [3.8, 4) is 5.75 Å². The molecule has 0 aliphatic carbocycles. The molecule has 0 radical (unpaired) electrons. The molecule has 0 amide bonds. The molecule has 0 aliphatic rings. The maximum atomic E-state index is 5.62. The van der Waals surface area contributed by atoms with E-state index in [1.807, 2.05) is 37.5 Å². The Morgan fingerprint density at radius 2 is 2.21 bits per heavy atom. The normalized spacial score (nSPS) is 12.1. The lowest BCUT2D eigenvalue weighted by atomic mass is 10.1. The van der Waals surface area contributed by atoms with Crippen LogP contribution in [0, 0.1) is 0 Å². The summed E-state index contributed by atoms with van der Waals surface area (Å²) in [4.78, 5) is 8.63. The van der Waals surface area contributed by atoms with E-state index >= 15 is 0 Å². The van der Waals surface area contributed by atoms with Gasteiger partial charge in [-0.2, -0.15) is 0 Å². The van der Waals surface area contributed by atoms with E-state index in [9.17, 15) is 0 Å². The Labute approximate surface area is 113 Å². The molecule has 2 aromatic rings. The zero-order chi connectivity index (χ0) is 13.5. The van der Waals surface area contributed by atoms with Crippen molar-refractivity contribution in [2.45, 2.75) is 19.4 Å². The van der Waals surface area contributed by atoms with Crippen LogP contribution in [0.4, 0.5) is 0 Å². The van der Waals surface area contributed by atoms with E-state index < -0.39 is 0 Å². The van der Waals surface area contributed by atoms with Crippen molar-refractivity contribution in [3.63, 3.8) is 0 Å². The van der Waals surface area contributed by atoms with Gasteiger partial charge >= 0.3 is 0 Å². The molecule has 100 valence electrons. The van der Waals surface area contributed by atoms with Crippen LogP contribution in [-0.4, -0.2) is 23.6 Å². The number of hydrogen-bond donors (Lipinski definition) is 1. The summed E-state index contributed by atoms with van der Waals surface area (Å²) in [6.45, 7) is 2.79. The summed E-state index contributed by atoms with van der Waals surface area (Å²) in [6, 6.07) is 7.94. The van der Waals surface area contributed by atoms with Gasteiger partial charge in [0.25, 0.3) is 0 Å². The van der Waals surface area contributed by atoms with Crippen LogP contribution < -0.4 is 10.1 Å². The van der Waals surface area contributed by atoms with Crippen LogP contribution >= 0.6 is 0 Å². The molecule has 0 saturated heterocycles. The quantitative estimate of drug-likeness (QED) is 0.864. The van der Waals surface area contributed by atoms with Crippen LogP contribution in [0.25, 0.3) is 0 Å². The van der Waals surface area contributed by atoms with Gasteiger partial charge in [-0.3, -0.25) is 9.97 Å². The second kappa shape index (κ2) is 6.85. The van der Waals surface area contributed by atoms with Gasteiger partial charge in [0, 0.05) is 12.4 Å². The molecule has 0 bridgehead atoms. The average molecular weight is 257 g/mol. The minimum Gasteiger partial charge on any atom is -0.492 e. The topological polar surface area (TPSA) is 47.0 Å². The zero-order valence-corrected chi connectivity index (χ0v) is 11.3. The molecule has 0 spiro atoms. The summed E-state index contributed by atoms with van der Waals surface area (Å²) in [5.74, 6) is 0.801. The molecule has 2 rings (SSSR count). The second-order valence-electron chi connectivity index (χ2n) is 4.28. The van der Waals surface area contributed by atoms with E-state index in [-0.39, 0.29) is 6.04 Å². The van der Waals surface area contributed by atoms with Crippen molar-refractivity contribution in [2.75, 3.05) is 13.7 Å². The predicted octanol–water partition coefficient (Wildman–Crippen LogP) is 2.57. The Morgan fingerprint density at radius 3 is 2.89 bits per heavy atom. The molecule has 0 fully saturated rings. The summed E-state index contributed by atoms with van der Waals surface area (Å²) in [5.41, 5.74) is 2.02. The van der Waals surface area contributed by atoms with E-state index in [4.69, 9.17) is 4.74 Å². The molecule has 0 saturated carbocycles. The fourth-order valence-corrected chi connectivity index (χ4v) is 1.92. The molecule has 2 heterocycles. The Morgan fingerprint density at radius 1 is 1.32 bits per heavy atom. The van der Waals surface area contributed by atoms with Crippen LogP contribution in [-0.2, 0) is 0 Å². The van der Waals surface area contributed by atoms with Gasteiger partial charge in [-0.25, -0.2) is 0 Å². The summed E-state index contributed by atoms with van der Waals surface area (Å²) in [5, 5.41) is 3.26. The molecule has 4 heteroatoms. The standard InChI is InChI=1S/C15H19N3O/c1-3-8-19-13-9-12(10-17-11-13)15(16-2)14-6-4-5-7-18-14/h4-7,9-11,15-16H,3,8H2,1-2H3. The molecule has 2 aromatic heterocycles. The summed E-state index contributed by atoms with van der Waals surface area (Å²) < 4.78 is 5.62. The first kappa shape index (κ1) is 13.5. The predicted molar refractivity (Wildman–Crippen MR) is 75.2 cm³/mol. The number of ether oxygens (including phenoxy) is 1. The lowest BCUT2D eigenvalue weighted by molar-refractivity contribution is 0.315. The first-order chi connectivity index (χ1) is 9.35. The maximum absolute atomic E-state index is 5.62. The maximum Gasteiger partial charge on any atom is 0.137 e. The number of hydrogen-bond acceptors (Lipinski definition) is 4. The smallest absolute Gasteiger partial charge is 0.137 e. The Kier molecular flexibility index (Phi) is 4.86. The Bertz CT molecular complexity index is 502. The van der Waals surface area contributed by atoms with Crippen molar-refractivity contribution in [1.29, 1.82) is 0 Å². The third-order valence-electron chi connectivity index (χ3n) is 2.81. The Balaban J connectivity index is 2.23. The van der Waals surface area contributed by atoms with Crippen LogP contribution in [0.5, 0.6) is 5.75 Å². The highest BCUT2D eigenvalue weighted by atomic mass is 16.5. The largest absolute Gasteiger partial charge is 0.492 e. The van der Waals surface area contributed by atoms with Gasteiger partial charge in [-0.1, -0.05) is 13.0 Å².